The van der Waals surface area contributed by atoms with Crippen LogP contribution in [0.5, 0.6) is 0 Å². The van der Waals surface area contributed by atoms with Gasteiger partial charge in [0.15, 0.2) is 5.82 Å². The van der Waals surface area contributed by atoms with E-state index in [4.69, 9.17) is 4.52 Å². The summed E-state index contributed by atoms with van der Waals surface area (Å²) in [5.74, 6) is 1.07. The van der Waals surface area contributed by atoms with Gasteiger partial charge < -0.3 is 9.84 Å². The van der Waals surface area contributed by atoms with Crippen LogP contribution in [-0.2, 0) is 12.8 Å². The molecule has 0 aliphatic heterocycles. The van der Waals surface area contributed by atoms with Gasteiger partial charge in [0.25, 0.3) is 0 Å². The molecule has 0 radical (unpaired) electrons. The van der Waals surface area contributed by atoms with Crippen LogP contribution in [0.4, 0.5) is 4.39 Å². The Kier molecular flexibility index (Phi) is 5.87. The Morgan fingerprint density at radius 1 is 1.24 bits per heavy atom. The Bertz CT molecular complexity index is 533. The molecule has 0 bridgehead atoms. The van der Waals surface area contributed by atoms with Gasteiger partial charge in [-0.25, -0.2) is 4.39 Å². The fraction of sp³-hybridized carbons (Fsp3) is 0.500. The lowest BCUT2D eigenvalue weighted by molar-refractivity contribution is 0.349. The third kappa shape index (κ3) is 4.93. The minimum Gasteiger partial charge on any atom is -0.339 e. The summed E-state index contributed by atoms with van der Waals surface area (Å²) in [6, 6.07) is 6.74. The molecule has 0 aliphatic carbocycles. The summed E-state index contributed by atoms with van der Waals surface area (Å²) in [6.45, 7) is 5.19. The van der Waals surface area contributed by atoms with E-state index in [1.165, 1.54) is 12.1 Å². The highest BCUT2D eigenvalue weighted by atomic mass is 19.1. The maximum atomic E-state index is 12.9. The van der Waals surface area contributed by atoms with E-state index in [0.717, 1.165) is 31.4 Å². The van der Waals surface area contributed by atoms with Crippen molar-refractivity contribution < 1.29 is 8.91 Å². The molecule has 0 aliphatic rings. The predicted octanol–water partition coefficient (Wildman–Crippen LogP) is 3.12. The Morgan fingerprint density at radius 3 is 2.67 bits per heavy atom. The van der Waals surface area contributed by atoms with Crippen molar-refractivity contribution in [2.24, 2.45) is 0 Å². The molecule has 0 saturated heterocycles. The number of nitrogens with one attached hydrogen (secondary N) is 1. The maximum absolute atomic E-state index is 12.9. The summed E-state index contributed by atoms with van der Waals surface area (Å²) in [6.07, 6.45) is 3.51. The Balaban J connectivity index is 1.95. The van der Waals surface area contributed by atoms with Crippen LogP contribution in [0.3, 0.4) is 0 Å². The molecule has 1 heterocycles. The second kappa shape index (κ2) is 7.88. The molecule has 4 nitrogen and oxygen atoms in total. The molecule has 1 aromatic heterocycles. The second-order valence-electron chi connectivity index (χ2n) is 5.15. The lowest BCUT2D eigenvalue weighted by atomic mass is 10.1. The van der Waals surface area contributed by atoms with Crippen molar-refractivity contribution in [1.29, 1.82) is 0 Å². The smallest absolute Gasteiger partial charge is 0.228 e. The lowest BCUT2D eigenvalue weighted by Crippen LogP contribution is -2.30. The highest BCUT2D eigenvalue weighted by Gasteiger charge is 2.13. The van der Waals surface area contributed by atoms with Crippen molar-refractivity contribution in [3.8, 4) is 0 Å². The highest BCUT2D eigenvalue weighted by molar-refractivity contribution is 5.19. The molecule has 0 amide bonds. The van der Waals surface area contributed by atoms with E-state index in [0.29, 0.717) is 24.2 Å². The zero-order chi connectivity index (χ0) is 15.1. The summed E-state index contributed by atoms with van der Waals surface area (Å²) < 4.78 is 18.2. The first-order valence-corrected chi connectivity index (χ1v) is 7.50. The molecule has 1 aromatic carbocycles. The largest absolute Gasteiger partial charge is 0.339 e. The van der Waals surface area contributed by atoms with Crippen molar-refractivity contribution in [1.82, 2.24) is 15.5 Å². The van der Waals surface area contributed by atoms with E-state index in [1.807, 2.05) is 0 Å². The monoisotopic (exact) mass is 291 g/mol. The minimum atomic E-state index is -0.236. The number of benzene rings is 1. The molecule has 0 fully saturated rings. The average Bonchev–Trinajstić information content (AvgIpc) is 2.89. The number of likely N-dealkylation sites (N-methyl/N-ethyl adjacent to an activating group) is 1. The van der Waals surface area contributed by atoms with E-state index in [2.05, 4.69) is 29.3 Å². The molecule has 5 heteroatoms. The van der Waals surface area contributed by atoms with Crippen LogP contribution < -0.4 is 5.32 Å². The number of rotatable bonds is 8. The van der Waals surface area contributed by atoms with Crippen molar-refractivity contribution in [2.45, 2.75) is 45.6 Å². The quantitative estimate of drug-likeness (QED) is 0.812. The molecular weight excluding hydrogens is 269 g/mol. The van der Waals surface area contributed by atoms with Gasteiger partial charge >= 0.3 is 0 Å². The summed E-state index contributed by atoms with van der Waals surface area (Å²) in [4.78, 5) is 4.42. The average molecular weight is 291 g/mol. The summed E-state index contributed by atoms with van der Waals surface area (Å²) >= 11 is 0. The first-order valence-electron chi connectivity index (χ1n) is 7.50. The van der Waals surface area contributed by atoms with Gasteiger partial charge in [-0.2, -0.15) is 4.98 Å². The molecule has 1 atom stereocenters. The summed E-state index contributed by atoms with van der Waals surface area (Å²) in [7, 11) is 0. The zero-order valence-corrected chi connectivity index (χ0v) is 12.6. The third-order valence-electron chi connectivity index (χ3n) is 3.34. The van der Waals surface area contributed by atoms with E-state index < -0.39 is 0 Å². The SMILES string of the molecule is CCCC(Cc1nc(Cc2ccc(F)cc2)no1)NCC. The van der Waals surface area contributed by atoms with Gasteiger partial charge in [0.1, 0.15) is 5.82 Å². The highest BCUT2D eigenvalue weighted by Crippen LogP contribution is 2.10. The molecule has 21 heavy (non-hydrogen) atoms. The Labute approximate surface area is 124 Å². The van der Waals surface area contributed by atoms with Crippen LogP contribution in [-0.4, -0.2) is 22.7 Å². The van der Waals surface area contributed by atoms with Gasteiger partial charge in [-0.05, 0) is 30.7 Å². The lowest BCUT2D eigenvalue weighted by Gasteiger charge is -2.14. The van der Waals surface area contributed by atoms with Gasteiger partial charge in [0, 0.05) is 18.9 Å². The van der Waals surface area contributed by atoms with E-state index in [-0.39, 0.29) is 5.82 Å². The van der Waals surface area contributed by atoms with Crippen molar-refractivity contribution in [2.75, 3.05) is 6.54 Å². The van der Waals surface area contributed by atoms with Crippen LogP contribution in [0.2, 0.25) is 0 Å². The second-order valence-corrected chi connectivity index (χ2v) is 5.15. The van der Waals surface area contributed by atoms with Crippen molar-refractivity contribution in [3.63, 3.8) is 0 Å². The molecule has 1 unspecified atom stereocenters. The van der Waals surface area contributed by atoms with Gasteiger partial charge in [-0.15, -0.1) is 0 Å². The van der Waals surface area contributed by atoms with Crippen molar-refractivity contribution in [3.05, 3.63) is 47.4 Å². The van der Waals surface area contributed by atoms with Crippen molar-refractivity contribution >= 4 is 0 Å². The molecule has 114 valence electrons. The maximum Gasteiger partial charge on any atom is 0.228 e. The van der Waals surface area contributed by atoms with Crippen LogP contribution in [0, 0.1) is 5.82 Å². The first-order chi connectivity index (χ1) is 10.2. The number of hydrogen-bond acceptors (Lipinski definition) is 4. The fourth-order valence-electron chi connectivity index (χ4n) is 2.35. The minimum absolute atomic E-state index is 0.236. The van der Waals surface area contributed by atoms with Gasteiger partial charge in [-0.3, -0.25) is 0 Å². The van der Waals surface area contributed by atoms with Crippen LogP contribution in [0.15, 0.2) is 28.8 Å². The molecule has 2 aromatic rings. The molecular formula is C16H22FN3O. The molecule has 2 rings (SSSR count). The molecule has 0 spiro atoms. The Hall–Kier alpha value is -1.75. The zero-order valence-electron chi connectivity index (χ0n) is 12.6. The standard InChI is InChI=1S/C16H22FN3O/c1-3-5-14(18-4-2)11-16-19-15(20-21-16)10-12-6-8-13(17)9-7-12/h6-9,14,18H,3-5,10-11H2,1-2H3. The van der Waals surface area contributed by atoms with Gasteiger partial charge in [0.05, 0.1) is 0 Å². The summed E-state index contributed by atoms with van der Waals surface area (Å²) in [5, 5.41) is 7.43. The predicted molar refractivity (Wildman–Crippen MR) is 79.6 cm³/mol. The van der Waals surface area contributed by atoms with Crippen LogP contribution in [0.1, 0.15) is 44.0 Å². The van der Waals surface area contributed by atoms with E-state index >= 15 is 0 Å². The van der Waals surface area contributed by atoms with Crippen LogP contribution >= 0.6 is 0 Å². The first kappa shape index (κ1) is 15.6. The number of hydrogen-bond donors (Lipinski definition) is 1. The summed E-state index contributed by atoms with van der Waals surface area (Å²) in [5.41, 5.74) is 0.973. The van der Waals surface area contributed by atoms with Gasteiger partial charge in [-0.1, -0.05) is 37.6 Å². The Morgan fingerprint density at radius 2 is 2.00 bits per heavy atom. The number of aromatic nitrogens is 2. The molecule has 1 N–H and O–H groups in total. The van der Waals surface area contributed by atoms with E-state index in [1.54, 1.807) is 12.1 Å². The fourth-order valence-corrected chi connectivity index (χ4v) is 2.35. The number of nitrogens with zero attached hydrogens (tertiary/aromatic N) is 2. The van der Waals surface area contributed by atoms with Gasteiger partial charge in [0.2, 0.25) is 5.89 Å². The van der Waals surface area contributed by atoms with Crippen LogP contribution in [0.25, 0.3) is 0 Å². The normalized spacial score (nSPS) is 12.5. The third-order valence-corrected chi connectivity index (χ3v) is 3.34. The molecule has 0 saturated carbocycles. The number of halogens is 1. The topological polar surface area (TPSA) is 51.0 Å². The van der Waals surface area contributed by atoms with E-state index in [9.17, 15) is 4.39 Å².